The molecule has 0 heterocycles. The number of hydrogen-bond donors (Lipinski definition) is 3. The van der Waals surface area contributed by atoms with Crippen molar-refractivity contribution < 1.29 is 24.2 Å². The van der Waals surface area contributed by atoms with E-state index in [1.165, 1.54) is 4.90 Å². The summed E-state index contributed by atoms with van der Waals surface area (Å²) >= 11 is 0. The van der Waals surface area contributed by atoms with Gasteiger partial charge >= 0.3 is 6.09 Å². The van der Waals surface area contributed by atoms with Crippen molar-refractivity contribution in [1.29, 1.82) is 0 Å². The maximum absolute atomic E-state index is 13.8. The Hall–Kier alpha value is -2.61. The van der Waals surface area contributed by atoms with Crippen molar-refractivity contribution >= 4 is 17.9 Å². The van der Waals surface area contributed by atoms with Gasteiger partial charge in [-0.2, -0.15) is 0 Å². The number of ether oxygens (including phenoxy) is 1. The van der Waals surface area contributed by atoms with Gasteiger partial charge < -0.3 is 25.4 Å². The zero-order valence-corrected chi connectivity index (χ0v) is 22.9. The third-order valence-electron chi connectivity index (χ3n) is 5.75. The lowest BCUT2D eigenvalue weighted by molar-refractivity contribution is -0.144. The van der Waals surface area contributed by atoms with Gasteiger partial charge in [0.1, 0.15) is 17.7 Å². The highest BCUT2D eigenvalue weighted by Crippen LogP contribution is 2.26. The molecule has 0 spiro atoms. The van der Waals surface area contributed by atoms with E-state index in [0.717, 1.165) is 24.0 Å². The topological polar surface area (TPSA) is 108 Å². The highest BCUT2D eigenvalue weighted by molar-refractivity contribution is 5.92. The summed E-state index contributed by atoms with van der Waals surface area (Å²) in [4.78, 5) is 41.2. The monoisotopic (exact) mass is 491 g/mol. The summed E-state index contributed by atoms with van der Waals surface area (Å²) in [6.07, 6.45) is 0.996. The molecule has 0 aliphatic carbocycles. The van der Waals surface area contributed by atoms with E-state index < -0.39 is 29.7 Å². The van der Waals surface area contributed by atoms with Gasteiger partial charge in [0.05, 0.1) is 6.61 Å². The number of alkyl carbamates (subject to hydrolysis) is 1. The molecule has 1 aromatic carbocycles. The van der Waals surface area contributed by atoms with Gasteiger partial charge in [0.25, 0.3) is 0 Å². The minimum atomic E-state index is -0.963. The first-order chi connectivity index (χ1) is 16.2. The van der Waals surface area contributed by atoms with Gasteiger partial charge in [-0.25, -0.2) is 4.79 Å². The predicted octanol–water partition coefficient (Wildman–Crippen LogP) is 4.02. The van der Waals surface area contributed by atoms with Crippen molar-refractivity contribution in [1.82, 2.24) is 15.5 Å². The molecule has 0 bridgehead atoms. The molecule has 1 aromatic rings. The molecule has 3 atom stereocenters. The first-order valence-corrected chi connectivity index (χ1v) is 12.5. The Morgan fingerprint density at radius 2 is 1.69 bits per heavy atom. The molecule has 0 aliphatic heterocycles. The lowest BCUT2D eigenvalue weighted by Crippen LogP contribution is -2.55. The minimum Gasteiger partial charge on any atom is -0.444 e. The normalized spacial score (nSPS) is 14.1. The molecule has 3 N–H and O–H groups in total. The Bertz CT molecular complexity index is 863. The summed E-state index contributed by atoms with van der Waals surface area (Å²) in [6, 6.07) is 3.67. The lowest BCUT2D eigenvalue weighted by atomic mass is 9.96. The predicted molar refractivity (Wildman–Crippen MR) is 138 cm³/mol. The number of nitrogens with one attached hydrogen (secondary N) is 2. The van der Waals surface area contributed by atoms with Crippen LogP contribution in [0.2, 0.25) is 0 Å². The zero-order chi connectivity index (χ0) is 26.9. The number of hydrogen-bond acceptors (Lipinski definition) is 5. The molecule has 8 heteroatoms. The lowest BCUT2D eigenvalue weighted by Gasteiger charge is -2.36. The zero-order valence-electron chi connectivity index (χ0n) is 22.9. The Labute approximate surface area is 210 Å². The maximum atomic E-state index is 13.8. The van der Waals surface area contributed by atoms with Crippen LogP contribution in [0.3, 0.4) is 0 Å². The van der Waals surface area contributed by atoms with Crippen LogP contribution in [-0.4, -0.2) is 58.8 Å². The molecule has 0 aromatic heterocycles. The van der Waals surface area contributed by atoms with Crippen molar-refractivity contribution in [3.05, 3.63) is 34.9 Å². The SMILES string of the molecule is CCCC(C)NC(=O)C(c1ccc(C)c(C)c1)N(CCO)C(=O)C(NC(=O)OC(C)(C)C)C(C)C. The third-order valence-corrected chi connectivity index (χ3v) is 5.75. The Morgan fingerprint density at radius 1 is 1.06 bits per heavy atom. The average molecular weight is 492 g/mol. The molecular formula is C27H45N3O5. The molecule has 0 saturated carbocycles. The fraction of sp³-hybridized carbons (Fsp3) is 0.667. The van der Waals surface area contributed by atoms with Crippen LogP contribution < -0.4 is 10.6 Å². The van der Waals surface area contributed by atoms with Crippen molar-refractivity contribution in [3.63, 3.8) is 0 Å². The van der Waals surface area contributed by atoms with Gasteiger partial charge in [-0.1, -0.05) is 45.4 Å². The van der Waals surface area contributed by atoms with Crippen LogP contribution in [0.5, 0.6) is 0 Å². The van der Waals surface area contributed by atoms with Crippen molar-refractivity contribution in [2.75, 3.05) is 13.2 Å². The van der Waals surface area contributed by atoms with Crippen LogP contribution in [-0.2, 0) is 14.3 Å². The highest BCUT2D eigenvalue weighted by atomic mass is 16.6. The number of aliphatic hydroxyl groups excluding tert-OH is 1. The second-order valence-electron chi connectivity index (χ2n) is 10.6. The first kappa shape index (κ1) is 30.4. The fourth-order valence-electron chi connectivity index (χ4n) is 3.84. The molecule has 8 nitrogen and oxygen atoms in total. The van der Waals surface area contributed by atoms with Crippen LogP contribution in [0.4, 0.5) is 4.79 Å². The number of rotatable bonds is 11. The van der Waals surface area contributed by atoms with Gasteiger partial charge in [0.2, 0.25) is 11.8 Å². The second kappa shape index (κ2) is 13.5. The summed E-state index contributed by atoms with van der Waals surface area (Å²) in [7, 11) is 0. The smallest absolute Gasteiger partial charge is 0.408 e. The second-order valence-corrected chi connectivity index (χ2v) is 10.6. The van der Waals surface area contributed by atoms with Crippen LogP contribution in [0, 0.1) is 19.8 Å². The Balaban J connectivity index is 3.45. The number of amides is 3. The highest BCUT2D eigenvalue weighted by Gasteiger charge is 2.37. The number of carbonyl (C=O) groups excluding carboxylic acids is 3. The van der Waals surface area contributed by atoms with Crippen molar-refractivity contribution in [3.8, 4) is 0 Å². The molecule has 0 saturated heterocycles. The van der Waals surface area contributed by atoms with Gasteiger partial charge in [-0.15, -0.1) is 0 Å². The van der Waals surface area contributed by atoms with Crippen LogP contribution in [0.25, 0.3) is 0 Å². The summed E-state index contributed by atoms with van der Waals surface area (Å²) in [5.41, 5.74) is 1.98. The van der Waals surface area contributed by atoms with E-state index in [9.17, 15) is 19.5 Å². The van der Waals surface area contributed by atoms with Crippen molar-refractivity contribution in [2.45, 2.75) is 98.9 Å². The summed E-state index contributed by atoms with van der Waals surface area (Å²) in [5.74, 6) is -1.06. The number of aliphatic hydroxyl groups is 1. The number of nitrogens with zero attached hydrogens (tertiary/aromatic N) is 1. The molecule has 0 fully saturated rings. The first-order valence-electron chi connectivity index (χ1n) is 12.5. The number of benzene rings is 1. The summed E-state index contributed by atoms with van der Waals surface area (Å²) in [5, 5.41) is 15.5. The molecular weight excluding hydrogens is 446 g/mol. The van der Waals surface area contributed by atoms with Crippen LogP contribution >= 0.6 is 0 Å². The van der Waals surface area contributed by atoms with Gasteiger partial charge in [0, 0.05) is 12.6 Å². The molecule has 35 heavy (non-hydrogen) atoms. The molecule has 0 radical (unpaired) electrons. The van der Waals surface area contributed by atoms with Gasteiger partial charge in [-0.3, -0.25) is 9.59 Å². The van der Waals surface area contributed by atoms with Crippen LogP contribution in [0.15, 0.2) is 18.2 Å². The molecule has 3 amide bonds. The molecule has 1 rings (SSSR count). The largest absolute Gasteiger partial charge is 0.444 e. The average Bonchev–Trinajstić information content (AvgIpc) is 2.72. The van der Waals surface area contributed by atoms with E-state index in [4.69, 9.17) is 4.74 Å². The summed E-state index contributed by atoms with van der Waals surface area (Å²) < 4.78 is 5.36. The van der Waals surface area contributed by atoms with E-state index >= 15 is 0 Å². The molecule has 3 unspecified atom stereocenters. The van der Waals surface area contributed by atoms with E-state index in [1.807, 2.05) is 59.7 Å². The van der Waals surface area contributed by atoms with E-state index in [1.54, 1.807) is 20.8 Å². The standard InChI is InChI=1S/C27H45N3O5/c1-10-11-20(6)28-24(32)23(21-13-12-18(4)19(5)16-21)30(14-15-31)25(33)22(17(2)3)29-26(34)35-27(7,8)9/h12-13,16-17,20,22-23,31H,10-11,14-15H2,1-9H3,(H,28,32)(H,29,34). The quantitative estimate of drug-likeness (QED) is 0.433. The number of carbonyl (C=O) groups is 3. The molecule has 198 valence electrons. The Kier molecular flexibility index (Phi) is 11.7. The minimum absolute atomic E-state index is 0.0643. The van der Waals surface area contributed by atoms with Gasteiger partial charge in [-0.05, 0) is 70.6 Å². The molecule has 0 aliphatic rings. The Morgan fingerprint density at radius 3 is 2.17 bits per heavy atom. The summed E-state index contributed by atoms with van der Waals surface area (Å²) in [6.45, 7) is 16.4. The van der Waals surface area contributed by atoms with E-state index in [2.05, 4.69) is 10.6 Å². The van der Waals surface area contributed by atoms with Crippen LogP contribution in [0.1, 0.15) is 84.0 Å². The van der Waals surface area contributed by atoms with Gasteiger partial charge in [0.15, 0.2) is 0 Å². The van der Waals surface area contributed by atoms with Crippen molar-refractivity contribution in [2.24, 2.45) is 5.92 Å². The third kappa shape index (κ3) is 9.51. The van der Waals surface area contributed by atoms with E-state index in [0.29, 0.717) is 5.56 Å². The fourth-order valence-corrected chi connectivity index (χ4v) is 3.84. The maximum Gasteiger partial charge on any atom is 0.408 e. The van der Waals surface area contributed by atoms with E-state index in [-0.39, 0.29) is 31.0 Å². The number of aryl methyl sites for hydroxylation is 2.